The molecule has 1 aliphatic rings. The van der Waals surface area contributed by atoms with E-state index < -0.39 is 0 Å². The van der Waals surface area contributed by atoms with Crippen molar-refractivity contribution in [1.82, 2.24) is 15.5 Å². The maximum Gasteiger partial charge on any atom is 0.208 e. The molecule has 5 heteroatoms. The summed E-state index contributed by atoms with van der Waals surface area (Å²) >= 11 is 1.61. The SMILES string of the molecule is CC1CN(c2nncs2)C(C)CN1. The van der Waals surface area contributed by atoms with Crippen LogP contribution >= 0.6 is 11.3 Å². The van der Waals surface area contributed by atoms with Gasteiger partial charge in [0.25, 0.3) is 0 Å². The van der Waals surface area contributed by atoms with Crippen LogP contribution in [0.25, 0.3) is 0 Å². The van der Waals surface area contributed by atoms with E-state index in [4.69, 9.17) is 0 Å². The van der Waals surface area contributed by atoms with Gasteiger partial charge in [-0.2, -0.15) is 0 Å². The summed E-state index contributed by atoms with van der Waals surface area (Å²) in [5.74, 6) is 0. The van der Waals surface area contributed by atoms with Gasteiger partial charge < -0.3 is 10.2 Å². The van der Waals surface area contributed by atoms with Crippen LogP contribution in [-0.4, -0.2) is 35.4 Å². The number of nitrogens with one attached hydrogen (secondary N) is 1. The Labute approximate surface area is 82.0 Å². The molecule has 2 rings (SSSR count). The Kier molecular flexibility index (Phi) is 2.46. The lowest BCUT2D eigenvalue weighted by Gasteiger charge is -2.36. The highest BCUT2D eigenvalue weighted by Crippen LogP contribution is 2.20. The lowest BCUT2D eigenvalue weighted by molar-refractivity contribution is 0.424. The van der Waals surface area contributed by atoms with Gasteiger partial charge in [-0.1, -0.05) is 11.3 Å². The third-order valence-electron chi connectivity index (χ3n) is 2.36. The fraction of sp³-hybridized carbons (Fsp3) is 0.750. The van der Waals surface area contributed by atoms with Crippen molar-refractivity contribution in [3.63, 3.8) is 0 Å². The molecule has 1 aromatic heterocycles. The summed E-state index contributed by atoms with van der Waals surface area (Å²) in [5, 5.41) is 12.4. The summed E-state index contributed by atoms with van der Waals surface area (Å²) in [6, 6.07) is 1.06. The molecule has 1 aromatic rings. The van der Waals surface area contributed by atoms with Crippen LogP contribution < -0.4 is 10.2 Å². The monoisotopic (exact) mass is 198 g/mol. The van der Waals surface area contributed by atoms with Crippen molar-refractivity contribution in [2.24, 2.45) is 0 Å². The molecular formula is C8H14N4S. The number of hydrogen-bond acceptors (Lipinski definition) is 5. The zero-order valence-electron chi connectivity index (χ0n) is 7.90. The van der Waals surface area contributed by atoms with Crippen LogP contribution in [0.15, 0.2) is 5.51 Å². The summed E-state index contributed by atoms with van der Waals surface area (Å²) in [6.07, 6.45) is 0. The predicted molar refractivity (Wildman–Crippen MR) is 54.2 cm³/mol. The molecule has 2 atom stereocenters. The third kappa shape index (κ3) is 1.81. The van der Waals surface area contributed by atoms with Gasteiger partial charge in [-0.25, -0.2) is 0 Å². The molecule has 0 bridgehead atoms. The first-order valence-electron chi connectivity index (χ1n) is 4.53. The quantitative estimate of drug-likeness (QED) is 0.722. The lowest BCUT2D eigenvalue weighted by Crippen LogP contribution is -2.54. The Hall–Kier alpha value is -0.680. The van der Waals surface area contributed by atoms with Crippen molar-refractivity contribution < 1.29 is 0 Å². The van der Waals surface area contributed by atoms with Gasteiger partial charge in [0, 0.05) is 25.2 Å². The second-order valence-corrected chi connectivity index (χ2v) is 4.34. The first-order valence-corrected chi connectivity index (χ1v) is 5.41. The summed E-state index contributed by atoms with van der Waals surface area (Å²) in [7, 11) is 0. The van der Waals surface area contributed by atoms with Crippen molar-refractivity contribution in [1.29, 1.82) is 0 Å². The summed E-state index contributed by atoms with van der Waals surface area (Å²) in [6.45, 7) is 6.46. The van der Waals surface area contributed by atoms with Crippen LogP contribution in [-0.2, 0) is 0 Å². The maximum absolute atomic E-state index is 4.09. The number of rotatable bonds is 1. The van der Waals surface area contributed by atoms with Gasteiger partial charge in [-0.15, -0.1) is 10.2 Å². The fourth-order valence-electron chi connectivity index (χ4n) is 1.58. The predicted octanol–water partition coefficient (Wildman–Crippen LogP) is 0.725. The minimum absolute atomic E-state index is 0.518. The minimum atomic E-state index is 0.518. The smallest absolute Gasteiger partial charge is 0.208 e. The topological polar surface area (TPSA) is 41.1 Å². The average Bonchev–Trinajstić information content (AvgIpc) is 2.61. The molecule has 0 aliphatic carbocycles. The van der Waals surface area contributed by atoms with E-state index in [9.17, 15) is 0 Å². The molecule has 13 heavy (non-hydrogen) atoms. The van der Waals surface area contributed by atoms with E-state index in [1.807, 2.05) is 0 Å². The Morgan fingerprint density at radius 2 is 2.46 bits per heavy atom. The number of piperazine rings is 1. The highest BCUT2D eigenvalue weighted by molar-refractivity contribution is 7.13. The molecule has 1 saturated heterocycles. The standard InChI is InChI=1S/C8H14N4S/c1-6-4-12(7(2)3-9-6)8-11-10-5-13-8/h5-7,9H,3-4H2,1-2H3. The summed E-state index contributed by atoms with van der Waals surface area (Å²) < 4.78 is 0. The second-order valence-electron chi connectivity index (χ2n) is 3.53. The fourth-order valence-corrected chi connectivity index (χ4v) is 2.25. The molecule has 0 spiro atoms. The Bertz CT molecular complexity index is 261. The third-order valence-corrected chi connectivity index (χ3v) is 3.09. The van der Waals surface area contributed by atoms with Gasteiger partial charge >= 0.3 is 0 Å². The van der Waals surface area contributed by atoms with Crippen molar-refractivity contribution in [2.75, 3.05) is 18.0 Å². The molecule has 2 unspecified atom stereocenters. The van der Waals surface area contributed by atoms with E-state index in [2.05, 4.69) is 34.3 Å². The summed E-state index contributed by atoms with van der Waals surface area (Å²) in [4.78, 5) is 2.32. The number of nitrogens with zero attached hydrogens (tertiary/aromatic N) is 3. The van der Waals surface area contributed by atoms with Crippen LogP contribution in [0.2, 0.25) is 0 Å². The van der Waals surface area contributed by atoms with E-state index >= 15 is 0 Å². The molecule has 1 aliphatic heterocycles. The highest BCUT2D eigenvalue weighted by atomic mass is 32.1. The van der Waals surface area contributed by atoms with Gasteiger partial charge in [-0.3, -0.25) is 0 Å². The Morgan fingerprint density at radius 3 is 3.15 bits per heavy atom. The molecular weight excluding hydrogens is 184 g/mol. The normalized spacial score (nSPS) is 29.2. The molecule has 0 saturated carbocycles. The molecule has 0 radical (unpaired) electrons. The number of hydrogen-bond donors (Lipinski definition) is 1. The average molecular weight is 198 g/mol. The van der Waals surface area contributed by atoms with Crippen molar-refractivity contribution in [3.05, 3.63) is 5.51 Å². The van der Waals surface area contributed by atoms with Gasteiger partial charge in [0.2, 0.25) is 5.13 Å². The molecule has 0 aromatic carbocycles. The van der Waals surface area contributed by atoms with E-state index in [1.165, 1.54) is 0 Å². The number of anilines is 1. The van der Waals surface area contributed by atoms with Crippen LogP contribution in [0.3, 0.4) is 0 Å². The first kappa shape index (κ1) is 8.90. The Morgan fingerprint density at radius 1 is 1.62 bits per heavy atom. The van der Waals surface area contributed by atoms with Gasteiger partial charge in [0.05, 0.1) is 0 Å². The largest absolute Gasteiger partial charge is 0.341 e. The summed E-state index contributed by atoms with van der Waals surface area (Å²) in [5.41, 5.74) is 1.79. The van der Waals surface area contributed by atoms with E-state index in [0.29, 0.717) is 12.1 Å². The molecule has 2 heterocycles. The second kappa shape index (κ2) is 3.59. The number of aromatic nitrogens is 2. The van der Waals surface area contributed by atoms with Crippen LogP contribution in [0, 0.1) is 0 Å². The molecule has 0 amide bonds. The highest BCUT2D eigenvalue weighted by Gasteiger charge is 2.24. The first-order chi connectivity index (χ1) is 6.27. The van der Waals surface area contributed by atoms with E-state index in [1.54, 1.807) is 16.8 Å². The molecule has 4 nitrogen and oxygen atoms in total. The van der Waals surface area contributed by atoms with Gasteiger partial charge in [0.1, 0.15) is 5.51 Å². The van der Waals surface area contributed by atoms with Crippen molar-refractivity contribution in [3.8, 4) is 0 Å². The molecule has 1 fully saturated rings. The zero-order chi connectivity index (χ0) is 9.26. The lowest BCUT2D eigenvalue weighted by atomic mass is 10.1. The van der Waals surface area contributed by atoms with Gasteiger partial charge in [0.15, 0.2) is 0 Å². The van der Waals surface area contributed by atoms with E-state index in [0.717, 1.165) is 18.2 Å². The van der Waals surface area contributed by atoms with Crippen LogP contribution in [0.4, 0.5) is 5.13 Å². The van der Waals surface area contributed by atoms with Crippen LogP contribution in [0.5, 0.6) is 0 Å². The van der Waals surface area contributed by atoms with E-state index in [-0.39, 0.29) is 0 Å². The van der Waals surface area contributed by atoms with Crippen LogP contribution in [0.1, 0.15) is 13.8 Å². The van der Waals surface area contributed by atoms with Crippen molar-refractivity contribution in [2.45, 2.75) is 25.9 Å². The zero-order valence-corrected chi connectivity index (χ0v) is 8.71. The van der Waals surface area contributed by atoms with Crippen molar-refractivity contribution >= 4 is 16.5 Å². The Balaban J connectivity index is 2.12. The molecule has 72 valence electrons. The van der Waals surface area contributed by atoms with Gasteiger partial charge in [-0.05, 0) is 13.8 Å². The maximum atomic E-state index is 4.09. The molecule has 1 N–H and O–H groups in total. The minimum Gasteiger partial charge on any atom is -0.341 e.